The molecule has 0 aliphatic carbocycles. The first-order chi connectivity index (χ1) is 9.66. The molecule has 6 nitrogen and oxygen atoms in total. The summed E-state index contributed by atoms with van der Waals surface area (Å²) in [6.45, 7) is 1.15. The molecule has 0 bridgehead atoms. The topological polar surface area (TPSA) is 68.5 Å². The molecule has 1 aromatic heterocycles. The van der Waals surface area contributed by atoms with Gasteiger partial charge in [0.25, 0.3) is 5.69 Å². The summed E-state index contributed by atoms with van der Waals surface area (Å²) in [4.78, 5) is 16.3. The monoisotopic (exact) mass is 273 g/mol. The fourth-order valence-electron chi connectivity index (χ4n) is 1.66. The maximum Gasteiger partial charge on any atom is 0.269 e. The van der Waals surface area contributed by atoms with Crippen molar-refractivity contribution in [3.63, 3.8) is 0 Å². The summed E-state index contributed by atoms with van der Waals surface area (Å²) in [5, 5.41) is 10.5. The SMILES string of the molecule is CN(CCOc1ccc([N+](=O)[O-])cc1)c1ccccn1. The second-order valence-corrected chi connectivity index (χ2v) is 4.21. The summed E-state index contributed by atoms with van der Waals surface area (Å²) in [5.74, 6) is 1.49. The second-order valence-electron chi connectivity index (χ2n) is 4.21. The van der Waals surface area contributed by atoms with E-state index < -0.39 is 4.92 Å². The molecule has 0 radical (unpaired) electrons. The van der Waals surface area contributed by atoms with Crippen LogP contribution in [-0.2, 0) is 0 Å². The average Bonchev–Trinajstić information content (AvgIpc) is 2.48. The van der Waals surface area contributed by atoms with Crippen molar-refractivity contribution in [3.8, 4) is 5.75 Å². The van der Waals surface area contributed by atoms with Crippen molar-refractivity contribution >= 4 is 11.5 Å². The van der Waals surface area contributed by atoms with Gasteiger partial charge in [0, 0.05) is 25.4 Å². The number of nitro benzene ring substituents is 1. The van der Waals surface area contributed by atoms with Crippen LogP contribution in [0.3, 0.4) is 0 Å². The lowest BCUT2D eigenvalue weighted by Crippen LogP contribution is -2.24. The molecule has 20 heavy (non-hydrogen) atoms. The largest absolute Gasteiger partial charge is 0.492 e. The van der Waals surface area contributed by atoms with Crippen LogP contribution in [0.1, 0.15) is 0 Å². The van der Waals surface area contributed by atoms with Gasteiger partial charge in [-0.1, -0.05) is 6.07 Å². The lowest BCUT2D eigenvalue weighted by molar-refractivity contribution is -0.384. The standard InChI is InChI=1S/C14H15N3O3/c1-16(14-4-2-3-9-15-14)10-11-20-13-7-5-12(6-8-13)17(18)19/h2-9H,10-11H2,1H3. The lowest BCUT2D eigenvalue weighted by atomic mass is 10.3. The van der Waals surface area contributed by atoms with Crippen molar-refractivity contribution in [2.75, 3.05) is 25.1 Å². The zero-order valence-corrected chi connectivity index (χ0v) is 11.1. The molecule has 0 atom stereocenters. The third-order valence-corrected chi connectivity index (χ3v) is 2.78. The summed E-state index contributed by atoms with van der Waals surface area (Å²) in [7, 11) is 1.93. The van der Waals surface area contributed by atoms with Gasteiger partial charge in [-0.2, -0.15) is 0 Å². The first-order valence-electron chi connectivity index (χ1n) is 6.16. The van der Waals surface area contributed by atoms with Gasteiger partial charge in [0.05, 0.1) is 11.5 Å². The molecule has 0 saturated carbocycles. The third-order valence-electron chi connectivity index (χ3n) is 2.78. The van der Waals surface area contributed by atoms with Crippen LogP contribution in [-0.4, -0.2) is 30.1 Å². The fraction of sp³-hybridized carbons (Fsp3) is 0.214. The Balaban J connectivity index is 1.82. The number of anilines is 1. The molecule has 0 aliphatic rings. The Morgan fingerprint density at radius 2 is 2.00 bits per heavy atom. The number of ether oxygens (including phenoxy) is 1. The molecule has 0 fully saturated rings. The number of likely N-dealkylation sites (N-methyl/N-ethyl adjacent to an activating group) is 1. The van der Waals surface area contributed by atoms with Gasteiger partial charge in [0.1, 0.15) is 18.2 Å². The van der Waals surface area contributed by atoms with E-state index in [-0.39, 0.29) is 5.69 Å². The van der Waals surface area contributed by atoms with Gasteiger partial charge in [0.2, 0.25) is 0 Å². The van der Waals surface area contributed by atoms with E-state index in [1.54, 1.807) is 18.3 Å². The maximum atomic E-state index is 10.5. The van der Waals surface area contributed by atoms with Crippen molar-refractivity contribution in [2.45, 2.75) is 0 Å². The molecule has 0 spiro atoms. The van der Waals surface area contributed by atoms with Crippen molar-refractivity contribution in [1.29, 1.82) is 0 Å². The summed E-state index contributed by atoms with van der Waals surface area (Å²) in [6.07, 6.45) is 1.74. The predicted molar refractivity (Wildman–Crippen MR) is 76.1 cm³/mol. The zero-order valence-electron chi connectivity index (χ0n) is 11.1. The molecular weight excluding hydrogens is 258 g/mol. The van der Waals surface area contributed by atoms with Crippen LogP contribution in [0.5, 0.6) is 5.75 Å². The Hall–Kier alpha value is -2.63. The Labute approximate surface area is 116 Å². The van der Waals surface area contributed by atoms with Crippen LogP contribution in [0.15, 0.2) is 48.7 Å². The molecule has 6 heteroatoms. The van der Waals surface area contributed by atoms with Gasteiger partial charge >= 0.3 is 0 Å². The van der Waals surface area contributed by atoms with Crippen molar-refractivity contribution in [2.24, 2.45) is 0 Å². The summed E-state index contributed by atoms with van der Waals surface area (Å²) < 4.78 is 5.54. The summed E-state index contributed by atoms with van der Waals surface area (Å²) in [6, 6.07) is 11.8. The smallest absolute Gasteiger partial charge is 0.269 e. The van der Waals surface area contributed by atoms with Gasteiger partial charge in [-0.05, 0) is 24.3 Å². The van der Waals surface area contributed by atoms with Crippen LogP contribution in [0.2, 0.25) is 0 Å². The van der Waals surface area contributed by atoms with Gasteiger partial charge in [-0.3, -0.25) is 10.1 Å². The van der Waals surface area contributed by atoms with Crippen LogP contribution >= 0.6 is 0 Å². The van der Waals surface area contributed by atoms with E-state index in [0.717, 1.165) is 5.82 Å². The molecule has 0 amide bonds. The number of non-ortho nitro benzene ring substituents is 1. The summed E-state index contributed by atoms with van der Waals surface area (Å²) in [5.41, 5.74) is 0.0583. The number of hydrogen-bond donors (Lipinski definition) is 0. The molecule has 1 aromatic carbocycles. The Morgan fingerprint density at radius 1 is 1.25 bits per heavy atom. The number of hydrogen-bond acceptors (Lipinski definition) is 5. The van der Waals surface area contributed by atoms with Gasteiger partial charge in [0.15, 0.2) is 0 Å². The van der Waals surface area contributed by atoms with E-state index in [2.05, 4.69) is 4.98 Å². The van der Waals surface area contributed by atoms with E-state index >= 15 is 0 Å². The Morgan fingerprint density at radius 3 is 2.60 bits per heavy atom. The minimum atomic E-state index is -0.432. The van der Waals surface area contributed by atoms with E-state index in [4.69, 9.17) is 4.74 Å². The first kappa shape index (κ1) is 13.8. The Kier molecular flexibility index (Phi) is 4.49. The molecule has 0 unspecified atom stereocenters. The van der Waals surface area contributed by atoms with Gasteiger partial charge < -0.3 is 9.64 Å². The van der Waals surface area contributed by atoms with Crippen molar-refractivity contribution < 1.29 is 9.66 Å². The highest BCUT2D eigenvalue weighted by molar-refractivity contribution is 5.37. The van der Waals surface area contributed by atoms with E-state index in [1.165, 1.54) is 12.1 Å². The maximum absolute atomic E-state index is 10.5. The highest BCUT2D eigenvalue weighted by atomic mass is 16.6. The number of rotatable bonds is 6. The highest BCUT2D eigenvalue weighted by Gasteiger charge is 2.05. The van der Waals surface area contributed by atoms with Crippen molar-refractivity contribution in [3.05, 3.63) is 58.8 Å². The average molecular weight is 273 g/mol. The van der Waals surface area contributed by atoms with Crippen LogP contribution in [0.25, 0.3) is 0 Å². The van der Waals surface area contributed by atoms with Crippen molar-refractivity contribution in [1.82, 2.24) is 4.98 Å². The Bertz CT molecular complexity index is 558. The number of benzene rings is 1. The van der Waals surface area contributed by atoms with Crippen LogP contribution in [0.4, 0.5) is 11.5 Å². The normalized spacial score (nSPS) is 10.1. The number of aromatic nitrogens is 1. The minimum absolute atomic E-state index is 0.0583. The van der Waals surface area contributed by atoms with E-state index in [9.17, 15) is 10.1 Å². The quantitative estimate of drug-likeness (QED) is 0.597. The molecule has 0 saturated heterocycles. The van der Waals surface area contributed by atoms with E-state index in [1.807, 2.05) is 30.1 Å². The zero-order chi connectivity index (χ0) is 14.4. The first-order valence-corrected chi connectivity index (χ1v) is 6.16. The molecule has 104 valence electrons. The van der Waals surface area contributed by atoms with Crippen LogP contribution in [0, 0.1) is 10.1 Å². The number of nitrogens with zero attached hydrogens (tertiary/aromatic N) is 3. The molecule has 2 aromatic rings. The lowest BCUT2D eigenvalue weighted by Gasteiger charge is -2.18. The predicted octanol–water partition coefficient (Wildman–Crippen LogP) is 2.51. The van der Waals surface area contributed by atoms with E-state index in [0.29, 0.717) is 18.9 Å². The van der Waals surface area contributed by atoms with Gasteiger partial charge in [-0.15, -0.1) is 0 Å². The number of pyridine rings is 1. The molecule has 0 aliphatic heterocycles. The summed E-state index contributed by atoms with van der Waals surface area (Å²) >= 11 is 0. The van der Waals surface area contributed by atoms with Gasteiger partial charge in [-0.25, -0.2) is 4.98 Å². The highest BCUT2D eigenvalue weighted by Crippen LogP contribution is 2.17. The molecule has 1 heterocycles. The minimum Gasteiger partial charge on any atom is -0.492 e. The molecular formula is C14H15N3O3. The second kappa shape index (κ2) is 6.51. The molecule has 0 N–H and O–H groups in total. The fourth-order valence-corrected chi connectivity index (χ4v) is 1.66. The number of nitro groups is 1. The third kappa shape index (κ3) is 3.68. The van der Waals surface area contributed by atoms with Crippen LogP contribution < -0.4 is 9.64 Å². The molecule has 2 rings (SSSR count).